The smallest absolute Gasteiger partial charge is 0.135 e. The number of aromatic nitrogens is 2. The van der Waals surface area contributed by atoms with Crippen LogP contribution in [0.2, 0.25) is 0 Å². The van der Waals surface area contributed by atoms with E-state index < -0.39 is 0 Å². The summed E-state index contributed by atoms with van der Waals surface area (Å²) in [5.41, 5.74) is 2.29. The highest BCUT2D eigenvalue weighted by Gasteiger charge is 2.19. The minimum absolute atomic E-state index is 0.525. The van der Waals surface area contributed by atoms with Crippen LogP contribution < -0.4 is 10.6 Å². The largest absolute Gasteiger partial charge is 0.376 e. The summed E-state index contributed by atoms with van der Waals surface area (Å²) in [4.78, 5) is 8.69. The van der Waals surface area contributed by atoms with Gasteiger partial charge in [-0.2, -0.15) is 0 Å². The van der Waals surface area contributed by atoms with Crippen molar-refractivity contribution in [1.29, 1.82) is 0 Å². The molecule has 5 heteroatoms. The van der Waals surface area contributed by atoms with Crippen LogP contribution in [0.1, 0.15) is 24.1 Å². The van der Waals surface area contributed by atoms with Crippen LogP contribution in [0.3, 0.4) is 0 Å². The Kier molecular flexibility index (Phi) is 3.20. The van der Waals surface area contributed by atoms with Crippen LogP contribution in [-0.2, 0) is 17.8 Å². The summed E-state index contributed by atoms with van der Waals surface area (Å²) in [7, 11) is 0. The molecule has 1 fully saturated rings. The lowest BCUT2D eigenvalue weighted by molar-refractivity contribution is 0.109. The highest BCUT2D eigenvalue weighted by atomic mass is 16.5. The number of anilines is 1. The number of rotatable bonds is 2. The molecule has 0 radical (unpaired) electrons. The lowest BCUT2D eigenvalue weighted by Crippen LogP contribution is -2.36. The maximum Gasteiger partial charge on any atom is 0.135 e. The second-order valence-corrected chi connectivity index (χ2v) is 4.62. The number of nitrogens with one attached hydrogen (secondary N) is 2. The summed E-state index contributed by atoms with van der Waals surface area (Å²) in [6, 6.07) is 0.525. The van der Waals surface area contributed by atoms with Crippen molar-refractivity contribution in [2.24, 2.45) is 0 Å². The number of ether oxygens (including phenoxy) is 1. The quantitative estimate of drug-likeness (QED) is 0.789. The molecular formula is C12H18N4O. The minimum Gasteiger partial charge on any atom is -0.376 e. The van der Waals surface area contributed by atoms with E-state index in [0.29, 0.717) is 12.6 Å². The predicted molar refractivity (Wildman–Crippen MR) is 64.9 cm³/mol. The fourth-order valence-electron chi connectivity index (χ4n) is 2.44. The molecule has 0 aromatic carbocycles. The van der Waals surface area contributed by atoms with Gasteiger partial charge in [0.25, 0.3) is 0 Å². The molecule has 3 heterocycles. The maximum atomic E-state index is 5.49. The van der Waals surface area contributed by atoms with Crippen molar-refractivity contribution in [2.75, 3.05) is 25.0 Å². The van der Waals surface area contributed by atoms with E-state index in [9.17, 15) is 0 Å². The Morgan fingerprint density at radius 1 is 1.29 bits per heavy atom. The molecule has 2 N–H and O–H groups in total. The molecule has 0 atom stereocenters. The van der Waals surface area contributed by atoms with Gasteiger partial charge in [-0.05, 0) is 25.9 Å². The lowest BCUT2D eigenvalue weighted by atomic mass is 10.1. The zero-order valence-electron chi connectivity index (χ0n) is 9.91. The Hall–Kier alpha value is -1.20. The van der Waals surface area contributed by atoms with E-state index in [1.54, 1.807) is 6.33 Å². The second-order valence-electron chi connectivity index (χ2n) is 4.62. The third-order valence-corrected chi connectivity index (χ3v) is 3.44. The van der Waals surface area contributed by atoms with Gasteiger partial charge in [-0.15, -0.1) is 0 Å². The van der Waals surface area contributed by atoms with E-state index in [1.807, 2.05) is 0 Å². The van der Waals surface area contributed by atoms with Gasteiger partial charge in [-0.3, -0.25) is 0 Å². The molecule has 2 aliphatic rings. The molecule has 92 valence electrons. The van der Waals surface area contributed by atoms with E-state index in [0.717, 1.165) is 56.0 Å². The van der Waals surface area contributed by atoms with Crippen LogP contribution in [-0.4, -0.2) is 35.7 Å². The van der Waals surface area contributed by atoms with Gasteiger partial charge in [0, 0.05) is 18.0 Å². The molecule has 5 nitrogen and oxygen atoms in total. The Morgan fingerprint density at radius 2 is 2.18 bits per heavy atom. The first-order chi connectivity index (χ1) is 8.43. The van der Waals surface area contributed by atoms with Crippen molar-refractivity contribution in [3.63, 3.8) is 0 Å². The van der Waals surface area contributed by atoms with Crippen LogP contribution in [0.4, 0.5) is 5.82 Å². The third-order valence-electron chi connectivity index (χ3n) is 3.44. The monoisotopic (exact) mass is 234 g/mol. The highest BCUT2D eigenvalue weighted by molar-refractivity contribution is 5.47. The molecule has 0 bridgehead atoms. The van der Waals surface area contributed by atoms with Gasteiger partial charge in [0.15, 0.2) is 0 Å². The van der Waals surface area contributed by atoms with Gasteiger partial charge < -0.3 is 15.4 Å². The van der Waals surface area contributed by atoms with E-state index in [1.165, 1.54) is 0 Å². The summed E-state index contributed by atoms with van der Waals surface area (Å²) in [5.74, 6) is 0.974. The van der Waals surface area contributed by atoms with Crippen molar-refractivity contribution in [3.8, 4) is 0 Å². The van der Waals surface area contributed by atoms with Crippen molar-refractivity contribution in [1.82, 2.24) is 15.3 Å². The van der Waals surface area contributed by atoms with Crippen LogP contribution in [0.15, 0.2) is 6.33 Å². The van der Waals surface area contributed by atoms with E-state index in [-0.39, 0.29) is 0 Å². The van der Waals surface area contributed by atoms with E-state index in [2.05, 4.69) is 20.6 Å². The summed E-state index contributed by atoms with van der Waals surface area (Å²) >= 11 is 0. The Bertz CT molecular complexity index is 390. The van der Waals surface area contributed by atoms with Crippen LogP contribution >= 0.6 is 0 Å². The molecule has 0 saturated carbocycles. The molecule has 1 aromatic heterocycles. The average molecular weight is 234 g/mol. The zero-order valence-corrected chi connectivity index (χ0v) is 9.91. The first-order valence-corrected chi connectivity index (χ1v) is 6.31. The molecule has 17 heavy (non-hydrogen) atoms. The molecule has 0 amide bonds. The van der Waals surface area contributed by atoms with Crippen LogP contribution in [0.5, 0.6) is 0 Å². The first-order valence-electron chi connectivity index (χ1n) is 6.31. The average Bonchev–Trinajstić information content (AvgIpc) is 2.40. The minimum atomic E-state index is 0.525. The molecule has 1 saturated heterocycles. The summed E-state index contributed by atoms with van der Waals surface area (Å²) < 4.78 is 5.49. The summed E-state index contributed by atoms with van der Waals surface area (Å²) in [6.45, 7) is 3.59. The molecular weight excluding hydrogens is 216 g/mol. The number of piperidine rings is 1. The topological polar surface area (TPSA) is 59.1 Å². The van der Waals surface area contributed by atoms with Gasteiger partial charge in [0.2, 0.25) is 0 Å². The Balaban J connectivity index is 1.77. The SMILES string of the molecule is c1nc2c(c(NC3CCNCC3)n1)COCC2. The first kappa shape index (κ1) is 10.9. The predicted octanol–water partition coefficient (Wildman–Crippen LogP) is 0.713. The molecule has 0 aliphatic carbocycles. The normalized spacial score (nSPS) is 20.9. The maximum absolute atomic E-state index is 5.49. The Morgan fingerprint density at radius 3 is 3.06 bits per heavy atom. The molecule has 0 spiro atoms. The fourth-order valence-corrected chi connectivity index (χ4v) is 2.44. The van der Waals surface area contributed by atoms with Crippen molar-refractivity contribution < 1.29 is 4.74 Å². The van der Waals surface area contributed by atoms with Gasteiger partial charge in [-0.25, -0.2) is 9.97 Å². The van der Waals surface area contributed by atoms with Gasteiger partial charge >= 0.3 is 0 Å². The third kappa shape index (κ3) is 2.40. The number of hydrogen-bond acceptors (Lipinski definition) is 5. The second kappa shape index (κ2) is 4.98. The highest BCUT2D eigenvalue weighted by Crippen LogP contribution is 2.22. The van der Waals surface area contributed by atoms with Gasteiger partial charge in [0.1, 0.15) is 12.1 Å². The summed E-state index contributed by atoms with van der Waals surface area (Å²) in [6.07, 6.45) is 4.87. The van der Waals surface area contributed by atoms with Crippen molar-refractivity contribution in [2.45, 2.75) is 31.9 Å². The number of nitrogens with zero attached hydrogens (tertiary/aromatic N) is 2. The van der Waals surface area contributed by atoms with Gasteiger partial charge in [-0.1, -0.05) is 0 Å². The molecule has 0 unspecified atom stereocenters. The number of hydrogen-bond donors (Lipinski definition) is 2. The standard InChI is InChI=1S/C12H18N4O/c1-4-13-5-2-9(1)16-12-10-7-17-6-3-11(10)14-8-15-12/h8-9,13H,1-7H2,(H,14,15,16). The molecule has 3 rings (SSSR count). The lowest BCUT2D eigenvalue weighted by Gasteiger charge is -2.26. The van der Waals surface area contributed by atoms with Gasteiger partial charge in [0.05, 0.1) is 18.9 Å². The molecule has 1 aromatic rings. The van der Waals surface area contributed by atoms with Crippen LogP contribution in [0.25, 0.3) is 0 Å². The van der Waals surface area contributed by atoms with E-state index >= 15 is 0 Å². The van der Waals surface area contributed by atoms with Crippen LogP contribution in [0, 0.1) is 0 Å². The van der Waals surface area contributed by atoms with Crippen molar-refractivity contribution in [3.05, 3.63) is 17.6 Å². The zero-order chi connectivity index (χ0) is 11.5. The van der Waals surface area contributed by atoms with Crippen molar-refractivity contribution >= 4 is 5.82 Å². The molecule has 2 aliphatic heterocycles. The number of fused-ring (bicyclic) bond motifs is 1. The fraction of sp³-hybridized carbons (Fsp3) is 0.667. The van der Waals surface area contributed by atoms with E-state index in [4.69, 9.17) is 4.74 Å². The Labute approximate surface area is 101 Å². The summed E-state index contributed by atoms with van der Waals surface area (Å²) in [5, 5.41) is 6.90.